The molecule has 0 aliphatic heterocycles. The summed E-state index contributed by atoms with van der Waals surface area (Å²) in [6.45, 7) is 10.8. The summed E-state index contributed by atoms with van der Waals surface area (Å²) in [7, 11) is 0. The molecule has 0 saturated heterocycles. The molecule has 0 amide bonds. The molecule has 0 aromatic rings. The average Bonchev–Trinajstić information content (AvgIpc) is 2.40. The smallest absolute Gasteiger partial charge is 0.306 e. The third kappa shape index (κ3) is 10.3. The molecule has 4 nitrogen and oxygen atoms in total. The van der Waals surface area contributed by atoms with Crippen LogP contribution in [0.25, 0.3) is 0 Å². The summed E-state index contributed by atoms with van der Waals surface area (Å²) in [6, 6.07) is 0. The Bertz CT molecular complexity index is 289. The van der Waals surface area contributed by atoms with Gasteiger partial charge in [-0.15, -0.1) is 0 Å². The number of ether oxygens (including phenoxy) is 2. The number of hydrogen-bond acceptors (Lipinski definition) is 4. The molecule has 124 valence electrons. The maximum Gasteiger partial charge on any atom is 0.306 e. The highest BCUT2D eigenvalue weighted by molar-refractivity contribution is 5.70. The van der Waals surface area contributed by atoms with Gasteiger partial charge in [0.2, 0.25) is 0 Å². The molecule has 0 fully saturated rings. The molecule has 0 N–H and O–H groups in total. The third-order valence-electron chi connectivity index (χ3n) is 3.35. The minimum Gasteiger partial charge on any atom is -0.466 e. The van der Waals surface area contributed by atoms with E-state index in [2.05, 4.69) is 34.6 Å². The summed E-state index contributed by atoms with van der Waals surface area (Å²) >= 11 is 0. The van der Waals surface area contributed by atoms with E-state index in [1.807, 2.05) is 0 Å². The van der Waals surface area contributed by atoms with E-state index in [-0.39, 0.29) is 18.0 Å². The molecule has 4 heteroatoms. The molecule has 0 unspecified atom stereocenters. The van der Waals surface area contributed by atoms with Gasteiger partial charge in [0.25, 0.3) is 0 Å². The van der Waals surface area contributed by atoms with Crippen molar-refractivity contribution in [3.05, 3.63) is 0 Å². The van der Waals surface area contributed by atoms with Crippen LogP contribution in [0.3, 0.4) is 0 Å². The number of rotatable bonds is 11. The average molecular weight is 300 g/mol. The van der Waals surface area contributed by atoms with Gasteiger partial charge >= 0.3 is 11.9 Å². The van der Waals surface area contributed by atoms with Gasteiger partial charge in [-0.05, 0) is 31.1 Å². The Kier molecular flexibility index (Phi) is 11.0. The normalized spacial score (nSPS) is 11.2. The molecule has 0 aliphatic carbocycles. The monoisotopic (exact) mass is 300 g/mol. The van der Waals surface area contributed by atoms with E-state index < -0.39 is 0 Å². The summed E-state index contributed by atoms with van der Waals surface area (Å²) in [5.74, 6) is 0.311. The summed E-state index contributed by atoms with van der Waals surface area (Å²) in [5.41, 5.74) is 0. The first-order valence-electron chi connectivity index (χ1n) is 8.23. The number of hydrogen-bond donors (Lipinski definition) is 0. The highest BCUT2D eigenvalue weighted by Crippen LogP contribution is 2.17. The number of carbonyl (C=O) groups excluding carboxylic acids is 2. The molecule has 0 saturated carbocycles. The first-order valence-corrected chi connectivity index (χ1v) is 8.23. The van der Waals surface area contributed by atoms with Crippen molar-refractivity contribution in [1.29, 1.82) is 0 Å². The van der Waals surface area contributed by atoms with E-state index in [1.165, 1.54) is 0 Å². The molecule has 0 aliphatic rings. The quantitative estimate of drug-likeness (QED) is 0.425. The van der Waals surface area contributed by atoms with Gasteiger partial charge < -0.3 is 9.47 Å². The summed E-state index contributed by atoms with van der Waals surface area (Å²) in [4.78, 5) is 23.2. The van der Waals surface area contributed by atoms with Crippen LogP contribution in [-0.4, -0.2) is 24.6 Å². The first-order chi connectivity index (χ1) is 9.88. The Labute approximate surface area is 129 Å². The van der Waals surface area contributed by atoms with Gasteiger partial charge in [0.15, 0.2) is 0 Å². The van der Waals surface area contributed by atoms with E-state index in [0.717, 1.165) is 12.8 Å². The van der Waals surface area contributed by atoms with Gasteiger partial charge in [-0.1, -0.05) is 41.0 Å². The molecule has 0 radical (unpaired) electrons. The zero-order chi connectivity index (χ0) is 16.3. The largest absolute Gasteiger partial charge is 0.466 e. The van der Waals surface area contributed by atoms with Crippen LogP contribution in [0.15, 0.2) is 0 Å². The lowest BCUT2D eigenvalue weighted by Gasteiger charge is -2.24. The highest BCUT2D eigenvalue weighted by atomic mass is 16.5. The Hall–Kier alpha value is -1.06. The summed E-state index contributed by atoms with van der Waals surface area (Å²) in [6.07, 6.45) is 4.00. The lowest BCUT2D eigenvalue weighted by molar-refractivity contribution is -0.154. The molecule has 0 aromatic heterocycles. The fourth-order valence-corrected chi connectivity index (χ4v) is 2.19. The van der Waals surface area contributed by atoms with Crippen LogP contribution in [-0.2, 0) is 19.1 Å². The molecule has 0 heterocycles. The van der Waals surface area contributed by atoms with E-state index in [4.69, 9.17) is 9.47 Å². The SMILES string of the molecule is CCCCOC(=O)CCCCC(=O)OC(C(C)C)C(C)C. The molecule has 0 aromatic carbocycles. The Morgan fingerprint density at radius 3 is 1.86 bits per heavy atom. The second-order valence-electron chi connectivity index (χ2n) is 6.22. The first kappa shape index (κ1) is 19.9. The second-order valence-corrected chi connectivity index (χ2v) is 6.22. The highest BCUT2D eigenvalue weighted by Gasteiger charge is 2.21. The van der Waals surface area contributed by atoms with Crippen molar-refractivity contribution in [2.45, 2.75) is 79.2 Å². The minimum atomic E-state index is -0.168. The van der Waals surface area contributed by atoms with Crippen LogP contribution in [0.5, 0.6) is 0 Å². The summed E-state index contributed by atoms with van der Waals surface area (Å²) in [5, 5.41) is 0. The number of unbranched alkanes of at least 4 members (excludes halogenated alkanes) is 2. The van der Waals surface area contributed by atoms with E-state index in [9.17, 15) is 9.59 Å². The van der Waals surface area contributed by atoms with Crippen molar-refractivity contribution in [2.75, 3.05) is 6.61 Å². The Balaban J connectivity index is 3.77. The predicted molar refractivity (Wildman–Crippen MR) is 83.9 cm³/mol. The standard InChI is InChI=1S/C17H32O4/c1-6-7-12-20-15(18)10-8-9-11-16(19)21-17(13(2)3)14(4)5/h13-14,17H,6-12H2,1-5H3. The van der Waals surface area contributed by atoms with E-state index >= 15 is 0 Å². The predicted octanol–water partition coefficient (Wildman–Crippen LogP) is 4.11. The van der Waals surface area contributed by atoms with Crippen LogP contribution in [0.1, 0.15) is 73.1 Å². The van der Waals surface area contributed by atoms with Gasteiger partial charge in [0, 0.05) is 12.8 Å². The Morgan fingerprint density at radius 2 is 1.38 bits per heavy atom. The maximum atomic E-state index is 11.8. The van der Waals surface area contributed by atoms with Crippen molar-refractivity contribution < 1.29 is 19.1 Å². The van der Waals surface area contributed by atoms with Gasteiger partial charge in [0.05, 0.1) is 6.61 Å². The van der Waals surface area contributed by atoms with Crippen molar-refractivity contribution >= 4 is 11.9 Å². The van der Waals surface area contributed by atoms with Crippen molar-refractivity contribution in [2.24, 2.45) is 11.8 Å². The van der Waals surface area contributed by atoms with Crippen LogP contribution in [0.4, 0.5) is 0 Å². The molecule has 0 atom stereocenters. The fraction of sp³-hybridized carbons (Fsp3) is 0.882. The maximum absolute atomic E-state index is 11.8. The molecular formula is C17H32O4. The van der Waals surface area contributed by atoms with Crippen molar-refractivity contribution in [3.63, 3.8) is 0 Å². The van der Waals surface area contributed by atoms with Gasteiger partial charge in [-0.3, -0.25) is 9.59 Å². The van der Waals surface area contributed by atoms with Crippen LogP contribution >= 0.6 is 0 Å². The zero-order valence-corrected chi connectivity index (χ0v) is 14.3. The summed E-state index contributed by atoms with van der Waals surface area (Å²) < 4.78 is 10.6. The molecular weight excluding hydrogens is 268 g/mol. The van der Waals surface area contributed by atoms with Crippen LogP contribution in [0.2, 0.25) is 0 Å². The second kappa shape index (κ2) is 11.6. The minimum absolute atomic E-state index is 0.0310. The van der Waals surface area contributed by atoms with Gasteiger partial charge in [-0.2, -0.15) is 0 Å². The lowest BCUT2D eigenvalue weighted by Crippen LogP contribution is -2.28. The van der Waals surface area contributed by atoms with Crippen LogP contribution < -0.4 is 0 Å². The van der Waals surface area contributed by atoms with E-state index in [0.29, 0.717) is 44.1 Å². The van der Waals surface area contributed by atoms with Gasteiger partial charge in [0.1, 0.15) is 6.10 Å². The fourth-order valence-electron chi connectivity index (χ4n) is 2.19. The van der Waals surface area contributed by atoms with Crippen LogP contribution in [0, 0.1) is 11.8 Å². The lowest BCUT2D eigenvalue weighted by atomic mass is 9.96. The molecule has 0 spiro atoms. The van der Waals surface area contributed by atoms with Crippen molar-refractivity contribution in [3.8, 4) is 0 Å². The molecule has 0 rings (SSSR count). The zero-order valence-electron chi connectivity index (χ0n) is 14.3. The molecule has 21 heavy (non-hydrogen) atoms. The molecule has 0 bridgehead atoms. The van der Waals surface area contributed by atoms with Crippen molar-refractivity contribution in [1.82, 2.24) is 0 Å². The van der Waals surface area contributed by atoms with Gasteiger partial charge in [-0.25, -0.2) is 0 Å². The van der Waals surface area contributed by atoms with E-state index in [1.54, 1.807) is 0 Å². The Morgan fingerprint density at radius 1 is 0.857 bits per heavy atom. The number of carbonyl (C=O) groups is 2. The topological polar surface area (TPSA) is 52.6 Å². The third-order valence-corrected chi connectivity index (χ3v) is 3.35. The number of esters is 2.